The quantitative estimate of drug-likeness (QED) is 0.608. The number of hydrogen-bond donors (Lipinski definition) is 1. The van der Waals surface area contributed by atoms with Crippen LogP contribution >= 0.6 is 12.2 Å². The summed E-state index contributed by atoms with van der Waals surface area (Å²) in [6.07, 6.45) is 6.03. The molecule has 1 saturated carbocycles. The molecule has 2 rings (SSSR count). The normalized spacial score (nSPS) is 15.3. The van der Waals surface area contributed by atoms with Crippen LogP contribution in [0.25, 0.3) is 0 Å². The largest absolute Gasteiger partial charge is 0.388 e. The van der Waals surface area contributed by atoms with Crippen molar-refractivity contribution in [2.75, 3.05) is 0 Å². The minimum Gasteiger partial charge on any atom is -0.388 e. The van der Waals surface area contributed by atoms with E-state index in [0.717, 1.165) is 18.7 Å². The molecule has 1 aromatic heterocycles. The van der Waals surface area contributed by atoms with E-state index < -0.39 is 0 Å². The average Bonchev–Trinajstić information content (AvgIpc) is 3.00. The first-order valence-electron chi connectivity index (χ1n) is 5.97. The summed E-state index contributed by atoms with van der Waals surface area (Å²) < 4.78 is 2.00. The van der Waals surface area contributed by atoms with Crippen molar-refractivity contribution in [2.45, 2.75) is 51.5 Å². The van der Waals surface area contributed by atoms with Gasteiger partial charge in [-0.25, -0.2) is 4.68 Å². The van der Waals surface area contributed by atoms with Gasteiger partial charge in [0.2, 0.25) is 0 Å². The van der Waals surface area contributed by atoms with Gasteiger partial charge in [-0.15, -0.1) is 5.10 Å². The van der Waals surface area contributed by atoms with Crippen molar-refractivity contribution < 1.29 is 0 Å². The number of thiocarbonyl (C=S) groups is 1. The summed E-state index contributed by atoms with van der Waals surface area (Å²) in [5.41, 5.74) is 7.58. The third-order valence-electron chi connectivity index (χ3n) is 2.94. The summed E-state index contributed by atoms with van der Waals surface area (Å²) in [5, 5.41) is 8.27. The van der Waals surface area contributed by atoms with Crippen LogP contribution in [-0.2, 0) is 6.54 Å². The Labute approximate surface area is 101 Å². The van der Waals surface area contributed by atoms with Crippen molar-refractivity contribution in [3.05, 3.63) is 11.4 Å². The minimum absolute atomic E-state index is 0.378. The lowest BCUT2D eigenvalue weighted by molar-refractivity contribution is 0.520. The molecular weight excluding hydrogens is 220 g/mol. The van der Waals surface area contributed by atoms with Gasteiger partial charge in [0.05, 0.1) is 5.69 Å². The predicted octanol–water partition coefficient (Wildman–Crippen LogP) is 1.98. The molecule has 0 amide bonds. The van der Waals surface area contributed by atoms with Crippen LogP contribution < -0.4 is 5.73 Å². The number of aryl methyl sites for hydroxylation is 1. The highest BCUT2D eigenvalue weighted by Crippen LogP contribution is 2.41. The monoisotopic (exact) mass is 238 g/mol. The van der Waals surface area contributed by atoms with Crippen LogP contribution in [0.2, 0.25) is 0 Å². The summed E-state index contributed by atoms with van der Waals surface area (Å²) >= 11 is 5.01. The molecular formula is C11H18N4S. The minimum atomic E-state index is 0.378. The lowest BCUT2D eigenvalue weighted by Gasteiger charge is -2.05. The van der Waals surface area contributed by atoms with Crippen molar-refractivity contribution in [1.82, 2.24) is 15.0 Å². The standard InChI is InChI=1S/C11H18N4S/c1-2-3-4-7-15-10(8-5-6-8)9(11(12)16)13-14-15/h8H,2-7H2,1H3,(H2,12,16). The first-order chi connectivity index (χ1) is 7.74. The van der Waals surface area contributed by atoms with Crippen molar-refractivity contribution in [3.63, 3.8) is 0 Å². The van der Waals surface area contributed by atoms with Gasteiger partial charge in [0.1, 0.15) is 10.7 Å². The third-order valence-corrected chi connectivity index (χ3v) is 3.14. The van der Waals surface area contributed by atoms with Crippen molar-refractivity contribution in [2.24, 2.45) is 5.73 Å². The maximum Gasteiger partial charge on any atom is 0.143 e. The smallest absolute Gasteiger partial charge is 0.143 e. The van der Waals surface area contributed by atoms with Gasteiger partial charge in [-0.3, -0.25) is 0 Å². The molecule has 2 N–H and O–H groups in total. The second kappa shape index (κ2) is 4.91. The SMILES string of the molecule is CCCCCn1nnc(C(N)=S)c1C1CC1. The topological polar surface area (TPSA) is 56.7 Å². The Morgan fingerprint density at radius 2 is 2.25 bits per heavy atom. The summed E-state index contributed by atoms with van der Waals surface area (Å²) in [4.78, 5) is 0.378. The number of nitrogens with two attached hydrogens (primary N) is 1. The van der Waals surface area contributed by atoms with Crippen molar-refractivity contribution in [1.29, 1.82) is 0 Å². The molecule has 1 aromatic rings. The van der Waals surface area contributed by atoms with Gasteiger partial charge < -0.3 is 5.73 Å². The third kappa shape index (κ3) is 2.40. The van der Waals surface area contributed by atoms with Crippen LogP contribution in [0, 0.1) is 0 Å². The van der Waals surface area contributed by atoms with E-state index in [2.05, 4.69) is 17.2 Å². The van der Waals surface area contributed by atoms with E-state index in [1.54, 1.807) is 0 Å². The first-order valence-corrected chi connectivity index (χ1v) is 6.38. The molecule has 16 heavy (non-hydrogen) atoms. The number of nitrogens with zero attached hydrogens (tertiary/aromatic N) is 3. The van der Waals surface area contributed by atoms with Crippen LogP contribution in [0.1, 0.15) is 56.3 Å². The number of hydrogen-bond acceptors (Lipinski definition) is 3. The second-order valence-corrected chi connectivity index (χ2v) is 4.83. The Morgan fingerprint density at radius 3 is 2.81 bits per heavy atom. The number of unbranched alkanes of at least 4 members (excludes halogenated alkanes) is 2. The highest BCUT2D eigenvalue weighted by molar-refractivity contribution is 7.80. The number of aromatic nitrogens is 3. The molecule has 88 valence electrons. The molecule has 0 radical (unpaired) electrons. The van der Waals surface area contributed by atoms with E-state index in [4.69, 9.17) is 18.0 Å². The van der Waals surface area contributed by atoms with E-state index in [1.807, 2.05) is 4.68 Å². The molecule has 0 saturated heterocycles. The summed E-state index contributed by atoms with van der Waals surface area (Å²) in [6.45, 7) is 3.14. The van der Waals surface area contributed by atoms with Gasteiger partial charge in [0.15, 0.2) is 0 Å². The number of rotatable bonds is 6. The lowest BCUT2D eigenvalue weighted by atomic mass is 10.2. The van der Waals surface area contributed by atoms with E-state index in [0.29, 0.717) is 10.9 Å². The molecule has 5 heteroatoms. The van der Waals surface area contributed by atoms with Gasteiger partial charge in [0.25, 0.3) is 0 Å². The molecule has 0 bridgehead atoms. The summed E-state index contributed by atoms with van der Waals surface area (Å²) in [6, 6.07) is 0. The average molecular weight is 238 g/mol. The lowest BCUT2D eigenvalue weighted by Crippen LogP contribution is -2.13. The van der Waals surface area contributed by atoms with E-state index in [-0.39, 0.29) is 0 Å². The summed E-state index contributed by atoms with van der Waals surface area (Å²) in [7, 11) is 0. The second-order valence-electron chi connectivity index (χ2n) is 4.39. The van der Waals surface area contributed by atoms with Crippen LogP contribution in [-0.4, -0.2) is 20.0 Å². The van der Waals surface area contributed by atoms with Gasteiger partial charge in [-0.05, 0) is 19.3 Å². The molecule has 0 unspecified atom stereocenters. The molecule has 1 aliphatic rings. The van der Waals surface area contributed by atoms with Gasteiger partial charge in [0, 0.05) is 12.5 Å². The molecule has 0 aliphatic heterocycles. The Kier molecular flexibility index (Phi) is 3.53. The van der Waals surface area contributed by atoms with Crippen molar-refractivity contribution >= 4 is 17.2 Å². The Balaban J connectivity index is 2.14. The fourth-order valence-electron chi connectivity index (χ4n) is 1.93. The van der Waals surface area contributed by atoms with Gasteiger partial charge in [-0.2, -0.15) is 0 Å². The van der Waals surface area contributed by atoms with E-state index >= 15 is 0 Å². The predicted molar refractivity (Wildman–Crippen MR) is 67.4 cm³/mol. The highest BCUT2D eigenvalue weighted by atomic mass is 32.1. The fraction of sp³-hybridized carbons (Fsp3) is 0.727. The van der Waals surface area contributed by atoms with E-state index in [9.17, 15) is 0 Å². The highest BCUT2D eigenvalue weighted by Gasteiger charge is 2.31. The molecule has 0 spiro atoms. The van der Waals surface area contributed by atoms with Gasteiger partial charge in [-0.1, -0.05) is 37.2 Å². The van der Waals surface area contributed by atoms with Crippen LogP contribution in [0.15, 0.2) is 0 Å². The van der Waals surface area contributed by atoms with Crippen LogP contribution in [0.4, 0.5) is 0 Å². The van der Waals surface area contributed by atoms with Gasteiger partial charge >= 0.3 is 0 Å². The molecule has 1 fully saturated rings. The zero-order valence-corrected chi connectivity index (χ0v) is 10.5. The maximum absolute atomic E-state index is 5.66. The summed E-state index contributed by atoms with van der Waals surface area (Å²) in [5.74, 6) is 0.591. The Bertz CT molecular complexity index is 381. The zero-order valence-electron chi connectivity index (χ0n) is 9.65. The van der Waals surface area contributed by atoms with Crippen LogP contribution in [0.5, 0.6) is 0 Å². The Morgan fingerprint density at radius 1 is 1.50 bits per heavy atom. The first kappa shape index (κ1) is 11.5. The molecule has 1 heterocycles. The molecule has 4 nitrogen and oxygen atoms in total. The molecule has 0 aromatic carbocycles. The van der Waals surface area contributed by atoms with Crippen LogP contribution in [0.3, 0.4) is 0 Å². The van der Waals surface area contributed by atoms with E-state index in [1.165, 1.54) is 31.4 Å². The molecule has 0 atom stereocenters. The zero-order chi connectivity index (χ0) is 11.5. The van der Waals surface area contributed by atoms with Crippen molar-refractivity contribution in [3.8, 4) is 0 Å². The Hall–Kier alpha value is -0.970. The fourth-order valence-corrected chi connectivity index (χ4v) is 2.08. The molecule has 1 aliphatic carbocycles. The maximum atomic E-state index is 5.66.